The van der Waals surface area contributed by atoms with E-state index in [2.05, 4.69) is 24.1 Å². The Labute approximate surface area is 112 Å². The van der Waals surface area contributed by atoms with Gasteiger partial charge in [-0.1, -0.05) is 20.3 Å². The molecule has 2 saturated carbocycles. The fraction of sp³-hybridized carbons (Fsp3) is 1.00. The molecule has 0 aliphatic heterocycles. The van der Waals surface area contributed by atoms with Crippen molar-refractivity contribution in [2.24, 2.45) is 11.8 Å². The Morgan fingerprint density at radius 1 is 1.22 bits per heavy atom. The molecule has 2 aliphatic carbocycles. The number of hydrogen-bond donors (Lipinski definition) is 2. The Bertz CT molecular complexity index is 251. The molecule has 0 spiro atoms. The number of rotatable bonds is 9. The maximum atomic E-state index is 9.88. The van der Waals surface area contributed by atoms with Gasteiger partial charge in [0.2, 0.25) is 0 Å². The first-order valence-electron chi connectivity index (χ1n) is 7.82. The zero-order chi connectivity index (χ0) is 13.0. The molecule has 3 heteroatoms. The summed E-state index contributed by atoms with van der Waals surface area (Å²) in [6.07, 6.45) is 6.81. The summed E-state index contributed by atoms with van der Waals surface area (Å²) in [5.41, 5.74) is -0.0332. The third kappa shape index (κ3) is 3.25. The third-order valence-electron chi connectivity index (χ3n) is 4.86. The summed E-state index contributed by atoms with van der Waals surface area (Å²) in [5, 5.41) is 13.5. The first-order valence-corrected chi connectivity index (χ1v) is 7.82. The summed E-state index contributed by atoms with van der Waals surface area (Å²) in [7, 11) is 0. The Hall–Kier alpha value is -0.120. The van der Waals surface area contributed by atoms with Crippen LogP contribution in [-0.4, -0.2) is 48.3 Å². The maximum Gasteiger partial charge on any atom is 0.0628 e. The van der Waals surface area contributed by atoms with Crippen LogP contribution in [0.3, 0.4) is 0 Å². The molecule has 0 aromatic heterocycles. The standard InChI is InChI=1S/C15H30N2O/c1-3-16-15(12-18,14-8-9-14)11-17(4-2)10-13-6-5-7-13/h13-14,16,18H,3-12H2,1-2H3. The SMILES string of the molecule is CCNC(CO)(CN(CC)CC1CCC1)C1CC1. The van der Waals surface area contributed by atoms with Gasteiger partial charge in [0.15, 0.2) is 0 Å². The molecule has 3 nitrogen and oxygen atoms in total. The molecule has 1 atom stereocenters. The van der Waals surface area contributed by atoms with Crippen LogP contribution in [0.15, 0.2) is 0 Å². The van der Waals surface area contributed by atoms with Crippen LogP contribution in [0, 0.1) is 11.8 Å². The molecule has 0 saturated heterocycles. The van der Waals surface area contributed by atoms with Gasteiger partial charge in [-0.2, -0.15) is 0 Å². The molecule has 2 N–H and O–H groups in total. The van der Waals surface area contributed by atoms with Crippen LogP contribution < -0.4 is 5.32 Å². The summed E-state index contributed by atoms with van der Waals surface area (Å²) >= 11 is 0. The van der Waals surface area contributed by atoms with Crippen LogP contribution in [0.25, 0.3) is 0 Å². The van der Waals surface area contributed by atoms with E-state index in [9.17, 15) is 5.11 Å². The molecule has 2 rings (SSSR count). The van der Waals surface area contributed by atoms with E-state index >= 15 is 0 Å². The zero-order valence-corrected chi connectivity index (χ0v) is 12.1. The van der Waals surface area contributed by atoms with Crippen molar-refractivity contribution in [3.63, 3.8) is 0 Å². The highest BCUT2D eigenvalue weighted by molar-refractivity contribution is 5.02. The molecule has 0 aromatic carbocycles. The van der Waals surface area contributed by atoms with Crippen LogP contribution in [0.4, 0.5) is 0 Å². The third-order valence-corrected chi connectivity index (χ3v) is 4.86. The van der Waals surface area contributed by atoms with Gasteiger partial charge in [0, 0.05) is 13.1 Å². The largest absolute Gasteiger partial charge is 0.394 e. The average Bonchev–Trinajstić information content (AvgIpc) is 3.15. The Morgan fingerprint density at radius 2 is 1.94 bits per heavy atom. The van der Waals surface area contributed by atoms with Crippen LogP contribution in [-0.2, 0) is 0 Å². The predicted octanol–water partition coefficient (Wildman–Crippen LogP) is 1.86. The Balaban J connectivity index is 1.91. The Morgan fingerprint density at radius 3 is 2.33 bits per heavy atom. The summed E-state index contributed by atoms with van der Waals surface area (Å²) in [5.74, 6) is 1.61. The van der Waals surface area contributed by atoms with Gasteiger partial charge in [-0.05, 0) is 50.6 Å². The van der Waals surface area contributed by atoms with Crippen LogP contribution in [0.2, 0.25) is 0 Å². The molecule has 0 radical (unpaired) electrons. The van der Waals surface area contributed by atoms with Crippen LogP contribution in [0.5, 0.6) is 0 Å². The summed E-state index contributed by atoms with van der Waals surface area (Å²) in [6.45, 7) is 9.00. The number of nitrogens with one attached hydrogen (secondary N) is 1. The molecule has 0 heterocycles. The van der Waals surface area contributed by atoms with Crippen LogP contribution in [0.1, 0.15) is 46.0 Å². The lowest BCUT2D eigenvalue weighted by molar-refractivity contribution is 0.0779. The highest BCUT2D eigenvalue weighted by Gasteiger charge is 2.45. The monoisotopic (exact) mass is 254 g/mol. The van der Waals surface area contributed by atoms with Gasteiger partial charge < -0.3 is 15.3 Å². The van der Waals surface area contributed by atoms with Crippen molar-refractivity contribution in [1.29, 1.82) is 0 Å². The minimum Gasteiger partial charge on any atom is -0.394 e. The fourth-order valence-corrected chi connectivity index (χ4v) is 3.30. The fourth-order valence-electron chi connectivity index (χ4n) is 3.30. The Kier molecular flexibility index (Phi) is 5.05. The first kappa shape index (κ1) is 14.3. The van der Waals surface area contributed by atoms with Crippen molar-refractivity contribution in [2.45, 2.75) is 51.5 Å². The lowest BCUT2D eigenvalue weighted by atomic mass is 9.84. The molecule has 0 aromatic rings. The minimum absolute atomic E-state index is 0.0332. The molecule has 0 amide bonds. The van der Waals surface area contributed by atoms with Gasteiger partial charge in [0.25, 0.3) is 0 Å². The van der Waals surface area contributed by atoms with Crippen molar-refractivity contribution in [3.05, 3.63) is 0 Å². The van der Waals surface area contributed by atoms with E-state index in [0.29, 0.717) is 5.92 Å². The van der Waals surface area contributed by atoms with Crippen molar-refractivity contribution in [3.8, 4) is 0 Å². The second kappa shape index (κ2) is 6.36. The average molecular weight is 254 g/mol. The second-order valence-corrected chi connectivity index (χ2v) is 6.24. The summed E-state index contributed by atoms with van der Waals surface area (Å²) in [6, 6.07) is 0. The molecule has 1 unspecified atom stereocenters. The van der Waals surface area contributed by atoms with Gasteiger partial charge in [0.1, 0.15) is 0 Å². The molecule has 106 valence electrons. The lowest BCUT2D eigenvalue weighted by Gasteiger charge is -2.40. The highest BCUT2D eigenvalue weighted by Crippen LogP contribution is 2.40. The van der Waals surface area contributed by atoms with Crippen molar-refractivity contribution >= 4 is 0 Å². The van der Waals surface area contributed by atoms with E-state index in [0.717, 1.165) is 25.6 Å². The number of likely N-dealkylation sites (N-methyl/N-ethyl adjacent to an activating group) is 2. The zero-order valence-electron chi connectivity index (χ0n) is 12.1. The number of aliphatic hydroxyl groups is 1. The summed E-state index contributed by atoms with van der Waals surface area (Å²) in [4.78, 5) is 2.56. The molecule has 2 fully saturated rings. The van der Waals surface area contributed by atoms with Crippen LogP contribution >= 0.6 is 0 Å². The summed E-state index contributed by atoms with van der Waals surface area (Å²) < 4.78 is 0. The van der Waals surface area contributed by atoms with Gasteiger partial charge in [0.05, 0.1) is 12.1 Å². The molecule has 2 aliphatic rings. The van der Waals surface area contributed by atoms with E-state index in [1.54, 1.807) is 0 Å². The van der Waals surface area contributed by atoms with Gasteiger partial charge in [-0.25, -0.2) is 0 Å². The quantitative estimate of drug-likeness (QED) is 0.659. The van der Waals surface area contributed by atoms with E-state index in [4.69, 9.17) is 0 Å². The van der Waals surface area contributed by atoms with Crippen molar-refractivity contribution < 1.29 is 5.11 Å². The van der Waals surface area contributed by atoms with E-state index in [1.807, 2.05) is 0 Å². The van der Waals surface area contributed by atoms with E-state index < -0.39 is 0 Å². The van der Waals surface area contributed by atoms with Crippen molar-refractivity contribution in [1.82, 2.24) is 10.2 Å². The van der Waals surface area contributed by atoms with Gasteiger partial charge in [-0.3, -0.25) is 0 Å². The highest BCUT2D eigenvalue weighted by atomic mass is 16.3. The topological polar surface area (TPSA) is 35.5 Å². The molecule has 0 bridgehead atoms. The molecular weight excluding hydrogens is 224 g/mol. The van der Waals surface area contributed by atoms with Gasteiger partial charge >= 0.3 is 0 Å². The van der Waals surface area contributed by atoms with Crippen molar-refractivity contribution in [2.75, 3.05) is 32.8 Å². The van der Waals surface area contributed by atoms with E-state index in [-0.39, 0.29) is 12.1 Å². The maximum absolute atomic E-state index is 9.88. The number of nitrogens with zero attached hydrogens (tertiary/aromatic N) is 1. The van der Waals surface area contributed by atoms with Gasteiger partial charge in [-0.15, -0.1) is 0 Å². The number of hydrogen-bond acceptors (Lipinski definition) is 3. The smallest absolute Gasteiger partial charge is 0.0628 e. The lowest BCUT2D eigenvalue weighted by Crippen LogP contribution is -2.58. The second-order valence-electron chi connectivity index (χ2n) is 6.24. The predicted molar refractivity (Wildman–Crippen MR) is 75.7 cm³/mol. The van der Waals surface area contributed by atoms with E-state index in [1.165, 1.54) is 38.6 Å². The molecule has 18 heavy (non-hydrogen) atoms. The molecular formula is C15H30N2O. The minimum atomic E-state index is -0.0332. The first-order chi connectivity index (χ1) is 8.74. The normalized spacial score (nSPS) is 24.0. The number of aliphatic hydroxyl groups excluding tert-OH is 1.